The van der Waals surface area contributed by atoms with Crippen LogP contribution in [0.4, 0.5) is 4.39 Å². The molecule has 0 aliphatic carbocycles. The lowest BCUT2D eigenvalue weighted by atomic mass is 10.0. The standard InChI is InChI=1S/C24H28FN3O2/c1-17-13-19-5-3-4-6-22(19)28(17)16-24(29)26-20-9-11-27(12-10-20)15-18-7-8-23(30-2)21(25)14-18/h3-8,13-14,20H,9-12,15-16H2,1-2H3,(H,26,29). The number of nitrogens with zero attached hydrogens (tertiary/aromatic N) is 2. The summed E-state index contributed by atoms with van der Waals surface area (Å²) in [6.45, 7) is 4.84. The van der Waals surface area contributed by atoms with E-state index in [1.54, 1.807) is 6.07 Å². The average Bonchev–Trinajstić information content (AvgIpc) is 3.05. The molecular weight excluding hydrogens is 381 g/mol. The lowest BCUT2D eigenvalue weighted by molar-refractivity contribution is -0.122. The van der Waals surface area contributed by atoms with Gasteiger partial charge in [0.15, 0.2) is 11.6 Å². The molecule has 0 atom stereocenters. The molecule has 30 heavy (non-hydrogen) atoms. The smallest absolute Gasteiger partial charge is 0.240 e. The summed E-state index contributed by atoms with van der Waals surface area (Å²) in [5.74, 6) is -0.00835. The lowest BCUT2D eigenvalue weighted by Crippen LogP contribution is -2.45. The Balaban J connectivity index is 1.28. The van der Waals surface area contributed by atoms with Crippen molar-refractivity contribution in [2.75, 3.05) is 20.2 Å². The number of aromatic nitrogens is 1. The van der Waals surface area contributed by atoms with Gasteiger partial charge in [0, 0.05) is 36.9 Å². The Kier molecular flexibility index (Phi) is 6.04. The highest BCUT2D eigenvalue weighted by Gasteiger charge is 2.21. The summed E-state index contributed by atoms with van der Waals surface area (Å²) in [4.78, 5) is 14.9. The number of para-hydroxylation sites is 1. The molecule has 2 aromatic carbocycles. The van der Waals surface area contributed by atoms with Gasteiger partial charge in [0.05, 0.1) is 7.11 Å². The summed E-state index contributed by atoms with van der Waals surface area (Å²) in [5.41, 5.74) is 3.12. The molecule has 1 aliphatic heterocycles. The van der Waals surface area contributed by atoms with Gasteiger partial charge in [-0.15, -0.1) is 0 Å². The zero-order valence-electron chi connectivity index (χ0n) is 17.5. The van der Waals surface area contributed by atoms with Crippen LogP contribution >= 0.6 is 0 Å². The Morgan fingerprint density at radius 2 is 1.93 bits per heavy atom. The Morgan fingerprint density at radius 3 is 2.67 bits per heavy atom. The van der Waals surface area contributed by atoms with E-state index in [0.717, 1.165) is 48.1 Å². The molecule has 3 aromatic rings. The maximum atomic E-state index is 13.9. The summed E-state index contributed by atoms with van der Waals surface area (Å²) in [6, 6.07) is 15.5. The normalized spacial score (nSPS) is 15.4. The van der Waals surface area contributed by atoms with E-state index in [4.69, 9.17) is 4.74 Å². The van der Waals surface area contributed by atoms with Gasteiger partial charge >= 0.3 is 0 Å². The van der Waals surface area contributed by atoms with Gasteiger partial charge in [-0.1, -0.05) is 24.3 Å². The van der Waals surface area contributed by atoms with Crippen LogP contribution in [0.2, 0.25) is 0 Å². The molecule has 0 bridgehead atoms. The van der Waals surface area contributed by atoms with E-state index < -0.39 is 0 Å². The molecule has 5 nitrogen and oxygen atoms in total. The van der Waals surface area contributed by atoms with Gasteiger partial charge in [-0.3, -0.25) is 9.69 Å². The highest BCUT2D eigenvalue weighted by atomic mass is 19.1. The zero-order chi connectivity index (χ0) is 21.1. The molecule has 1 aliphatic rings. The second-order valence-electron chi connectivity index (χ2n) is 8.02. The first kappa shape index (κ1) is 20.4. The molecule has 2 heterocycles. The third-order valence-electron chi connectivity index (χ3n) is 5.89. The predicted molar refractivity (Wildman–Crippen MR) is 116 cm³/mol. The zero-order valence-corrected chi connectivity index (χ0v) is 17.5. The van der Waals surface area contributed by atoms with Gasteiger partial charge < -0.3 is 14.6 Å². The Hall–Kier alpha value is -2.86. The molecular formula is C24H28FN3O2. The van der Waals surface area contributed by atoms with Crippen LogP contribution in [-0.4, -0.2) is 41.6 Å². The summed E-state index contributed by atoms with van der Waals surface area (Å²) >= 11 is 0. The van der Waals surface area contributed by atoms with Crippen molar-refractivity contribution in [1.82, 2.24) is 14.8 Å². The van der Waals surface area contributed by atoms with E-state index in [0.29, 0.717) is 13.1 Å². The van der Waals surface area contributed by atoms with E-state index in [9.17, 15) is 9.18 Å². The predicted octanol–water partition coefficient (Wildman–Crippen LogP) is 3.88. The minimum absolute atomic E-state index is 0.0510. The van der Waals surface area contributed by atoms with Crippen molar-refractivity contribution in [3.8, 4) is 5.75 Å². The molecule has 1 aromatic heterocycles. The van der Waals surface area contributed by atoms with E-state index >= 15 is 0 Å². The van der Waals surface area contributed by atoms with Crippen LogP contribution in [0.25, 0.3) is 10.9 Å². The van der Waals surface area contributed by atoms with Gasteiger partial charge in [-0.2, -0.15) is 0 Å². The first-order valence-electron chi connectivity index (χ1n) is 10.4. The number of halogens is 1. The molecule has 158 valence electrons. The number of nitrogens with one attached hydrogen (secondary N) is 1. The number of hydrogen-bond acceptors (Lipinski definition) is 3. The second-order valence-corrected chi connectivity index (χ2v) is 8.02. The molecule has 0 unspecified atom stereocenters. The van der Waals surface area contributed by atoms with E-state index in [1.807, 2.05) is 25.1 Å². The fourth-order valence-corrected chi connectivity index (χ4v) is 4.28. The largest absolute Gasteiger partial charge is 0.494 e. The Labute approximate surface area is 176 Å². The van der Waals surface area contributed by atoms with Crippen molar-refractivity contribution in [2.24, 2.45) is 0 Å². The highest BCUT2D eigenvalue weighted by Crippen LogP contribution is 2.21. The summed E-state index contributed by atoms with van der Waals surface area (Å²) < 4.78 is 20.9. The van der Waals surface area contributed by atoms with Crippen LogP contribution in [0.5, 0.6) is 5.75 Å². The number of ether oxygens (including phenoxy) is 1. The molecule has 6 heteroatoms. The molecule has 1 saturated heterocycles. The van der Waals surface area contributed by atoms with Crippen LogP contribution in [0.15, 0.2) is 48.5 Å². The average molecular weight is 410 g/mol. The van der Waals surface area contributed by atoms with E-state index in [-0.39, 0.29) is 23.5 Å². The third kappa shape index (κ3) is 4.49. The van der Waals surface area contributed by atoms with E-state index in [1.165, 1.54) is 13.2 Å². The molecule has 0 radical (unpaired) electrons. The molecule has 0 spiro atoms. The number of amides is 1. The number of hydrogen-bond donors (Lipinski definition) is 1. The minimum atomic E-state index is -0.329. The molecule has 0 saturated carbocycles. The number of aryl methyl sites for hydroxylation is 1. The quantitative estimate of drug-likeness (QED) is 0.672. The molecule has 1 amide bonds. The number of benzene rings is 2. The maximum Gasteiger partial charge on any atom is 0.240 e. The van der Waals surface area contributed by atoms with Gasteiger partial charge in [0.25, 0.3) is 0 Å². The topological polar surface area (TPSA) is 46.5 Å². The number of rotatable bonds is 6. The van der Waals surface area contributed by atoms with Crippen molar-refractivity contribution < 1.29 is 13.9 Å². The van der Waals surface area contributed by atoms with E-state index in [2.05, 4.69) is 33.0 Å². The van der Waals surface area contributed by atoms with Crippen molar-refractivity contribution in [2.45, 2.75) is 38.9 Å². The monoisotopic (exact) mass is 409 g/mol. The van der Waals surface area contributed by atoms with Crippen molar-refractivity contribution in [3.05, 3.63) is 65.6 Å². The van der Waals surface area contributed by atoms with Gasteiger partial charge in [0.2, 0.25) is 5.91 Å². The number of piperidine rings is 1. The Morgan fingerprint density at radius 1 is 1.17 bits per heavy atom. The van der Waals surface area contributed by atoms with Crippen molar-refractivity contribution >= 4 is 16.8 Å². The first-order chi connectivity index (χ1) is 14.5. The molecule has 1 fully saturated rings. The van der Waals surface area contributed by atoms with Crippen LogP contribution < -0.4 is 10.1 Å². The number of methoxy groups -OCH3 is 1. The number of carbonyl (C=O) groups is 1. The Bertz CT molecular complexity index is 1040. The summed E-state index contributed by atoms with van der Waals surface area (Å²) in [7, 11) is 1.47. The SMILES string of the molecule is COc1ccc(CN2CCC(NC(=O)Cn3c(C)cc4ccccc43)CC2)cc1F. The van der Waals surface area contributed by atoms with Crippen LogP contribution in [0.3, 0.4) is 0 Å². The maximum absolute atomic E-state index is 13.9. The van der Waals surface area contributed by atoms with Crippen LogP contribution in [0, 0.1) is 12.7 Å². The first-order valence-corrected chi connectivity index (χ1v) is 10.4. The fourth-order valence-electron chi connectivity index (χ4n) is 4.28. The van der Waals surface area contributed by atoms with Gasteiger partial charge in [-0.05, 0) is 55.0 Å². The lowest BCUT2D eigenvalue weighted by Gasteiger charge is -2.32. The number of carbonyl (C=O) groups excluding carboxylic acids is 1. The third-order valence-corrected chi connectivity index (χ3v) is 5.89. The van der Waals surface area contributed by atoms with Crippen molar-refractivity contribution in [1.29, 1.82) is 0 Å². The van der Waals surface area contributed by atoms with Gasteiger partial charge in [0.1, 0.15) is 6.54 Å². The summed E-state index contributed by atoms with van der Waals surface area (Å²) in [5, 5.41) is 4.35. The summed E-state index contributed by atoms with van der Waals surface area (Å²) in [6.07, 6.45) is 1.80. The molecule has 4 rings (SSSR count). The number of fused-ring (bicyclic) bond motifs is 1. The number of likely N-dealkylation sites (tertiary alicyclic amines) is 1. The van der Waals surface area contributed by atoms with Crippen LogP contribution in [-0.2, 0) is 17.9 Å². The van der Waals surface area contributed by atoms with Crippen LogP contribution in [0.1, 0.15) is 24.1 Å². The van der Waals surface area contributed by atoms with Gasteiger partial charge in [-0.25, -0.2) is 4.39 Å². The fraction of sp³-hybridized carbons (Fsp3) is 0.375. The molecule has 1 N–H and O–H groups in total. The van der Waals surface area contributed by atoms with Crippen molar-refractivity contribution in [3.63, 3.8) is 0 Å². The minimum Gasteiger partial charge on any atom is -0.494 e. The second kappa shape index (κ2) is 8.88. The highest BCUT2D eigenvalue weighted by molar-refractivity contribution is 5.84.